The Hall–Kier alpha value is -4.59. The second-order valence-electron chi connectivity index (χ2n) is 8.16. The van der Waals surface area contributed by atoms with Crippen LogP contribution >= 0.6 is 0 Å². The van der Waals surface area contributed by atoms with Crippen molar-refractivity contribution in [2.75, 3.05) is 7.11 Å². The predicted octanol–water partition coefficient (Wildman–Crippen LogP) is 4.54. The molecule has 0 aliphatic carbocycles. The van der Waals surface area contributed by atoms with Gasteiger partial charge in [-0.3, -0.25) is 0 Å². The van der Waals surface area contributed by atoms with Gasteiger partial charge in [0.2, 0.25) is 0 Å². The summed E-state index contributed by atoms with van der Waals surface area (Å²) in [4.78, 5) is 20.9. The molecule has 1 unspecified atom stereocenters. The zero-order chi connectivity index (χ0) is 24.0. The highest BCUT2D eigenvalue weighted by molar-refractivity contribution is 5.76. The second kappa shape index (κ2) is 10.1. The van der Waals surface area contributed by atoms with E-state index in [9.17, 15) is 4.79 Å². The number of fused-ring (bicyclic) bond motifs is 1. The number of rotatable bonds is 8. The molecular weight excluding hydrogens is 440 g/mol. The number of aromatic amines is 1. The monoisotopic (exact) mass is 466 g/mol. The Morgan fingerprint density at radius 2 is 1.77 bits per heavy atom. The van der Waals surface area contributed by atoms with Crippen molar-refractivity contribution >= 4 is 17.1 Å². The highest BCUT2D eigenvalue weighted by Crippen LogP contribution is 2.21. The maximum absolute atomic E-state index is 12.9. The average molecular weight is 467 g/mol. The molecule has 0 aliphatic heterocycles. The van der Waals surface area contributed by atoms with Crippen molar-refractivity contribution in [3.8, 4) is 11.4 Å². The molecule has 3 aromatic carbocycles. The lowest BCUT2D eigenvalue weighted by Gasteiger charge is -2.17. The number of para-hydroxylation sites is 3. The summed E-state index contributed by atoms with van der Waals surface area (Å²) < 4.78 is 7.05. The Morgan fingerprint density at radius 3 is 2.54 bits per heavy atom. The number of nitrogens with zero attached hydrogens (tertiary/aromatic N) is 3. The minimum Gasteiger partial charge on any atom is -0.497 e. The summed E-state index contributed by atoms with van der Waals surface area (Å²) >= 11 is 0. The molecule has 3 N–H and O–H groups in total. The number of benzene rings is 3. The molecule has 0 aliphatic rings. The minimum absolute atomic E-state index is 0.293. The fourth-order valence-corrected chi connectivity index (χ4v) is 3.91. The zero-order valence-corrected chi connectivity index (χ0v) is 19.3. The van der Waals surface area contributed by atoms with Crippen molar-refractivity contribution < 1.29 is 9.53 Å². The van der Waals surface area contributed by atoms with Crippen LogP contribution in [0.4, 0.5) is 4.79 Å². The number of amides is 2. The Bertz CT molecular complexity index is 1380. The third-order valence-electron chi connectivity index (χ3n) is 5.74. The molecule has 2 aromatic heterocycles. The lowest BCUT2D eigenvalue weighted by Crippen LogP contribution is -2.38. The largest absolute Gasteiger partial charge is 0.497 e. The van der Waals surface area contributed by atoms with Gasteiger partial charge in [0, 0.05) is 6.20 Å². The van der Waals surface area contributed by atoms with Crippen molar-refractivity contribution in [3.05, 3.63) is 108 Å². The third-order valence-corrected chi connectivity index (χ3v) is 5.74. The van der Waals surface area contributed by atoms with Crippen LogP contribution in [0.15, 0.2) is 91.1 Å². The number of carbonyl (C=O) groups is 1. The van der Waals surface area contributed by atoms with Crippen LogP contribution in [0.5, 0.6) is 5.75 Å². The predicted molar refractivity (Wildman–Crippen MR) is 134 cm³/mol. The van der Waals surface area contributed by atoms with E-state index < -0.39 is 0 Å². The van der Waals surface area contributed by atoms with E-state index in [-0.39, 0.29) is 12.1 Å². The van der Waals surface area contributed by atoms with E-state index in [4.69, 9.17) is 9.72 Å². The first-order chi connectivity index (χ1) is 17.2. The molecular formula is C27H26N6O2. The molecule has 0 bridgehead atoms. The highest BCUT2D eigenvalue weighted by atomic mass is 16.5. The number of imidazole rings is 1. The Balaban J connectivity index is 1.29. The van der Waals surface area contributed by atoms with Gasteiger partial charge in [0.1, 0.15) is 11.6 Å². The van der Waals surface area contributed by atoms with E-state index >= 15 is 0 Å². The average Bonchev–Trinajstić information content (AvgIpc) is 3.55. The van der Waals surface area contributed by atoms with Gasteiger partial charge in [0.05, 0.1) is 42.1 Å². The number of urea groups is 1. The van der Waals surface area contributed by atoms with Gasteiger partial charge in [-0.05, 0) is 54.4 Å². The lowest BCUT2D eigenvalue weighted by molar-refractivity contribution is 0.236. The quantitative estimate of drug-likeness (QED) is 0.313. The van der Waals surface area contributed by atoms with Crippen LogP contribution < -0.4 is 15.4 Å². The van der Waals surface area contributed by atoms with Crippen LogP contribution in [0, 0.1) is 0 Å². The van der Waals surface area contributed by atoms with E-state index in [2.05, 4.69) is 20.7 Å². The number of hydrogen-bond donors (Lipinski definition) is 3. The van der Waals surface area contributed by atoms with Crippen LogP contribution in [0.25, 0.3) is 16.7 Å². The molecule has 0 fully saturated rings. The van der Waals surface area contributed by atoms with Crippen molar-refractivity contribution in [2.45, 2.75) is 19.0 Å². The molecule has 5 aromatic rings. The number of aromatic nitrogens is 4. The first-order valence-corrected chi connectivity index (χ1v) is 11.4. The number of nitrogens with one attached hydrogen (secondary N) is 3. The zero-order valence-electron chi connectivity index (χ0n) is 19.3. The molecule has 0 saturated heterocycles. The van der Waals surface area contributed by atoms with Crippen LogP contribution in [-0.4, -0.2) is 32.9 Å². The number of hydrogen-bond acceptors (Lipinski definition) is 4. The molecule has 1 atom stereocenters. The van der Waals surface area contributed by atoms with Crippen LogP contribution in [0.1, 0.15) is 23.1 Å². The Kier molecular flexibility index (Phi) is 6.43. The van der Waals surface area contributed by atoms with Crippen LogP contribution in [0.2, 0.25) is 0 Å². The summed E-state index contributed by atoms with van der Waals surface area (Å²) in [5, 5.41) is 10.5. The summed E-state index contributed by atoms with van der Waals surface area (Å²) in [6, 6.07) is 26.7. The van der Waals surface area contributed by atoms with Gasteiger partial charge in [-0.1, -0.05) is 42.5 Å². The first-order valence-electron chi connectivity index (χ1n) is 11.4. The summed E-state index contributed by atoms with van der Waals surface area (Å²) in [6.07, 6.45) is 2.45. The second-order valence-corrected chi connectivity index (χ2v) is 8.16. The van der Waals surface area contributed by atoms with E-state index in [0.29, 0.717) is 18.8 Å². The SMILES string of the molecule is COc1ccc(CC(NC(=O)NCc2ccn(-c3ccccc3)n2)c2nc3ccccc3[nH]2)cc1. The summed E-state index contributed by atoms with van der Waals surface area (Å²) in [6.45, 7) is 0.307. The van der Waals surface area contributed by atoms with E-state index in [1.165, 1.54) is 0 Å². The van der Waals surface area contributed by atoms with Gasteiger partial charge >= 0.3 is 6.03 Å². The Morgan fingerprint density at radius 1 is 1.00 bits per heavy atom. The van der Waals surface area contributed by atoms with Crippen molar-refractivity contribution in [1.82, 2.24) is 30.4 Å². The maximum atomic E-state index is 12.9. The fraction of sp³-hybridized carbons (Fsp3) is 0.148. The van der Waals surface area contributed by atoms with E-state index in [1.54, 1.807) is 11.8 Å². The van der Waals surface area contributed by atoms with Crippen LogP contribution in [0.3, 0.4) is 0 Å². The molecule has 0 spiro atoms. The molecule has 0 saturated carbocycles. The topological polar surface area (TPSA) is 96.9 Å². The smallest absolute Gasteiger partial charge is 0.315 e. The standard InChI is InChI=1S/C27H26N6O2/c1-35-22-13-11-19(12-14-22)17-25(26-29-23-9-5-6-10-24(23)30-26)31-27(34)28-18-20-15-16-33(32-20)21-7-3-2-4-8-21/h2-16,25H,17-18H2,1H3,(H,29,30)(H2,28,31,34). The van der Waals surface area contributed by atoms with E-state index in [1.807, 2.05) is 91.1 Å². The lowest BCUT2D eigenvalue weighted by atomic mass is 10.1. The van der Waals surface area contributed by atoms with Crippen molar-refractivity contribution in [1.29, 1.82) is 0 Å². The van der Waals surface area contributed by atoms with Crippen molar-refractivity contribution in [3.63, 3.8) is 0 Å². The molecule has 2 heterocycles. The molecule has 8 nitrogen and oxygen atoms in total. The van der Waals surface area contributed by atoms with Gasteiger partial charge in [0.25, 0.3) is 0 Å². The molecule has 2 amide bonds. The minimum atomic E-state index is -0.349. The summed E-state index contributed by atoms with van der Waals surface area (Å²) in [5.74, 6) is 1.49. The third kappa shape index (κ3) is 5.33. The molecule has 8 heteroatoms. The maximum Gasteiger partial charge on any atom is 0.315 e. The van der Waals surface area contributed by atoms with Gasteiger partial charge in [-0.25, -0.2) is 14.5 Å². The molecule has 5 rings (SSSR count). The number of carbonyl (C=O) groups excluding carboxylic acids is 1. The number of methoxy groups -OCH3 is 1. The normalized spacial score (nSPS) is 11.8. The van der Waals surface area contributed by atoms with Gasteiger partial charge in [-0.2, -0.15) is 5.10 Å². The highest BCUT2D eigenvalue weighted by Gasteiger charge is 2.19. The van der Waals surface area contributed by atoms with Crippen LogP contribution in [-0.2, 0) is 13.0 Å². The number of H-pyrrole nitrogens is 1. The Labute approximate surface area is 203 Å². The molecule has 176 valence electrons. The first kappa shape index (κ1) is 22.2. The van der Waals surface area contributed by atoms with Gasteiger partial charge in [-0.15, -0.1) is 0 Å². The number of ether oxygens (including phenoxy) is 1. The van der Waals surface area contributed by atoms with Gasteiger partial charge in [0.15, 0.2) is 0 Å². The summed E-state index contributed by atoms with van der Waals surface area (Å²) in [7, 11) is 1.64. The summed E-state index contributed by atoms with van der Waals surface area (Å²) in [5.41, 5.74) is 4.57. The fourth-order valence-electron chi connectivity index (χ4n) is 3.91. The van der Waals surface area contributed by atoms with Gasteiger partial charge < -0.3 is 20.4 Å². The molecule has 0 radical (unpaired) electrons. The van der Waals surface area contributed by atoms with E-state index in [0.717, 1.165) is 33.7 Å². The van der Waals surface area contributed by atoms with Crippen molar-refractivity contribution in [2.24, 2.45) is 0 Å². The molecule has 35 heavy (non-hydrogen) atoms.